The van der Waals surface area contributed by atoms with E-state index >= 15 is 0 Å². The summed E-state index contributed by atoms with van der Waals surface area (Å²) in [5.74, 6) is -1.39. The highest BCUT2D eigenvalue weighted by atomic mass is 35.5. The van der Waals surface area contributed by atoms with E-state index in [2.05, 4.69) is 10.3 Å². The molecule has 1 saturated heterocycles. The number of esters is 1. The molecular formula is C28H25ClFN3O4S. The summed E-state index contributed by atoms with van der Waals surface area (Å²) in [5.41, 5.74) is 2.21. The lowest BCUT2D eigenvalue weighted by Crippen LogP contribution is -2.46. The monoisotopic (exact) mass is 553 g/mol. The average molecular weight is 554 g/mol. The number of hydrogen-bond donors (Lipinski definition) is 1. The van der Waals surface area contributed by atoms with Gasteiger partial charge in [-0.2, -0.15) is 0 Å². The predicted molar refractivity (Wildman–Crippen MR) is 147 cm³/mol. The van der Waals surface area contributed by atoms with Gasteiger partial charge in [0.15, 0.2) is 5.17 Å². The number of rotatable bonds is 8. The Balaban J connectivity index is 1.57. The topological polar surface area (TPSA) is 88.1 Å². The van der Waals surface area contributed by atoms with Crippen molar-refractivity contribution in [2.45, 2.75) is 25.0 Å². The third-order valence-electron chi connectivity index (χ3n) is 5.70. The molecule has 3 aromatic rings. The molecule has 196 valence electrons. The highest BCUT2D eigenvalue weighted by Gasteiger charge is 2.36. The van der Waals surface area contributed by atoms with Gasteiger partial charge in [0.2, 0.25) is 11.8 Å². The molecule has 2 amide bonds. The Morgan fingerprint density at radius 2 is 1.82 bits per heavy atom. The summed E-state index contributed by atoms with van der Waals surface area (Å²) >= 11 is 7.36. The van der Waals surface area contributed by atoms with Gasteiger partial charge >= 0.3 is 5.97 Å². The van der Waals surface area contributed by atoms with Crippen LogP contribution in [0.5, 0.6) is 0 Å². The van der Waals surface area contributed by atoms with Gasteiger partial charge in [0.05, 0.1) is 28.6 Å². The number of nitrogens with zero attached hydrogens (tertiary/aromatic N) is 2. The zero-order valence-electron chi connectivity index (χ0n) is 20.5. The van der Waals surface area contributed by atoms with Crippen LogP contribution in [0.2, 0.25) is 5.02 Å². The molecule has 0 spiro atoms. The Bertz CT molecular complexity index is 1350. The van der Waals surface area contributed by atoms with Crippen molar-refractivity contribution in [3.63, 3.8) is 0 Å². The number of halogens is 2. The fourth-order valence-electron chi connectivity index (χ4n) is 3.73. The van der Waals surface area contributed by atoms with Crippen LogP contribution in [0.25, 0.3) is 0 Å². The quantitative estimate of drug-likeness (QED) is 0.353. The first-order valence-corrected chi connectivity index (χ1v) is 13.2. The standard InChI is InChI=1S/C28H25ClFN3O4S/c1-2-37-27(36)19-9-13-21(14-10-19)31-28-33(16-15-18-7-11-20(30)12-8-18)25(34)17-24(38-28)26(35)32-23-6-4-3-5-22(23)29/h3-14,24H,2,15-17H2,1H3,(H,32,35). The second kappa shape index (κ2) is 12.7. The van der Waals surface area contributed by atoms with E-state index in [1.54, 1.807) is 67.6 Å². The summed E-state index contributed by atoms with van der Waals surface area (Å²) in [6, 6.07) is 19.4. The minimum Gasteiger partial charge on any atom is -0.462 e. The van der Waals surface area contributed by atoms with Crippen molar-refractivity contribution in [3.8, 4) is 0 Å². The number of anilines is 1. The molecule has 38 heavy (non-hydrogen) atoms. The van der Waals surface area contributed by atoms with Crippen LogP contribution in [0.4, 0.5) is 15.8 Å². The second-order valence-corrected chi connectivity index (χ2v) is 9.94. The molecule has 1 atom stereocenters. The van der Waals surface area contributed by atoms with Crippen LogP contribution < -0.4 is 5.32 Å². The maximum atomic E-state index is 13.3. The van der Waals surface area contributed by atoms with E-state index in [1.165, 1.54) is 28.8 Å². The van der Waals surface area contributed by atoms with E-state index in [1.807, 2.05) is 0 Å². The summed E-state index contributed by atoms with van der Waals surface area (Å²) in [4.78, 5) is 44.4. The van der Waals surface area contributed by atoms with Gasteiger partial charge in [-0.25, -0.2) is 14.2 Å². The maximum Gasteiger partial charge on any atom is 0.338 e. The van der Waals surface area contributed by atoms with Crippen molar-refractivity contribution < 1.29 is 23.5 Å². The van der Waals surface area contributed by atoms with Gasteiger partial charge < -0.3 is 10.1 Å². The lowest BCUT2D eigenvalue weighted by atomic mass is 10.1. The van der Waals surface area contributed by atoms with Crippen LogP contribution in [0.15, 0.2) is 77.8 Å². The van der Waals surface area contributed by atoms with Crippen LogP contribution in [-0.4, -0.2) is 46.3 Å². The number of para-hydroxylation sites is 1. The molecule has 1 aliphatic heterocycles. The second-order valence-electron chi connectivity index (χ2n) is 8.36. The van der Waals surface area contributed by atoms with Crippen molar-refractivity contribution in [1.29, 1.82) is 0 Å². The minimum atomic E-state index is -0.724. The number of hydrogen-bond acceptors (Lipinski definition) is 6. The van der Waals surface area contributed by atoms with Gasteiger partial charge in [-0.3, -0.25) is 14.5 Å². The summed E-state index contributed by atoms with van der Waals surface area (Å²) in [6.45, 7) is 2.30. The van der Waals surface area contributed by atoms with Crippen LogP contribution >= 0.6 is 23.4 Å². The molecule has 3 aromatic carbocycles. The van der Waals surface area contributed by atoms with Crippen LogP contribution in [0.3, 0.4) is 0 Å². The molecule has 1 N–H and O–H groups in total. The molecule has 1 aliphatic rings. The number of aliphatic imine (C=N–C) groups is 1. The number of ether oxygens (including phenoxy) is 1. The minimum absolute atomic E-state index is 0.0226. The van der Waals surface area contributed by atoms with E-state index in [-0.39, 0.29) is 30.7 Å². The highest BCUT2D eigenvalue weighted by Crippen LogP contribution is 2.31. The first-order valence-electron chi connectivity index (χ1n) is 12.0. The predicted octanol–water partition coefficient (Wildman–Crippen LogP) is 5.86. The molecular weight excluding hydrogens is 529 g/mol. The van der Waals surface area contributed by atoms with Gasteiger partial charge in [-0.05, 0) is 67.4 Å². The Morgan fingerprint density at radius 3 is 2.50 bits per heavy atom. The third kappa shape index (κ3) is 6.99. The number of carbonyl (C=O) groups excluding carboxylic acids is 3. The Morgan fingerprint density at radius 1 is 1.11 bits per heavy atom. The summed E-state index contributed by atoms with van der Waals surface area (Å²) < 4.78 is 18.3. The van der Waals surface area contributed by atoms with Gasteiger partial charge in [0, 0.05) is 13.0 Å². The van der Waals surface area contributed by atoms with Crippen molar-refractivity contribution in [3.05, 3.63) is 94.8 Å². The molecule has 0 bridgehead atoms. The van der Waals surface area contributed by atoms with Crippen LogP contribution in [0, 0.1) is 5.82 Å². The highest BCUT2D eigenvalue weighted by molar-refractivity contribution is 8.15. The number of benzene rings is 3. The third-order valence-corrected chi connectivity index (χ3v) is 7.22. The molecule has 0 aromatic heterocycles. The molecule has 4 rings (SSSR count). The molecule has 0 aliphatic carbocycles. The van der Waals surface area contributed by atoms with Gasteiger partial charge in [-0.1, -0.05) is 47.6 Å². The van der Waals surface area contributed by atoms with E-state index in [0.29, 0.717) is 40.1 Å². The fraction of sp³-hybridized carbons (Fsp3) is 0.214. The van der Waals surface area contributed by atoms with E-state index in [0.717, 1.165) is 5.56 Å². The van der Waals surface area contributed by atoms with E-state index in [9.17, 15) is 18.8 Å². The molecule has 7 nitrogen and oxygen atoms in total. The summed E-state index contributed by atoms with van der Waals surface area (Å²) in [5, 5.41) is 2.81. The lowest BCUT2D eigenvalue weighted by Gasteiger charge is -2.32. The van der Waals surface area contributed by atoms with Crippen molar-refractivity contribution >= 4 is 57.7 Å². The molecule has 10 heteroatoms. The van der Waals surface area contributed by atoms with Gasteiger partial charge in [0.25, 0.3) is 0 Å². The molecule has 0 saturated carbocycles. The maximum absolute atomic E-state index is 13.3. The van der Waals surface area contributed by atoms with Crippen molar-refractivity contribution in [2.75, 3.05) is 18.5 Å². The molecule has 1 unspecified atom stereocenters. The summed E-state index contributed by atoms with van der Waals surface area (Å²) in [7, 11) is 0. The summed E-state index contributed by atoms with van der Waals surface area (Å²) in [6.07, 6.45) is 0.453. The van der Waals surface area contributed by atoms with Crippen LogP contribution in [-0.2, 0) is 20.7 Å². The SMILES string of the molecule is CCOC(=O)c1ccc(N=C2SC(C(=O)Nc3ccccc3Cl)CC(=O)N2CCc2ccc(F)cc2)cc1. The van der Waals surface area contributed by atoms with Crippen LogP contribution in [0.1, 0.15) is 29.3 Å². The number of amides is 2. The Labute approximate surface area is 229 Å². The molecule has 0 radical (unpaired) electrons. The number of carbonyl (C=O) groups is 3. The average Bonchev–Trinajstić information content (AvgIpc) is 2.91. The zero-order valence-corrected chi connectivity index (χ0v) is 22.1. The van der Waals surface area contributed by atoms with Gasteiger partial charge in [0.1, 0.15) is 11.1 Å². The van der Waals surface area contributed by atoms with Crippen molar-refractivity contribution in [1.82, 2.24) is 4.90 Å². The number of amidine groups is 1. The fourth-order valence-corrected chi connectivity index (χ4v) is 5.03. The molecule has 1 fully saturated rings. The number of thioether (sulfide) groups is 1. The largest absolute Gasteiger partial charge is 0.462 e. The first kappa shape index (κ1) is 27.3. The Kier molecular flexibility index (Phi) is 9.15. The normalized spacial score (nSPS) is 16.4. The van der Waals surface area contributed by atoms with E-state index < -0.39 is 11.2 Å². The van der Waals surface area contributed by atoms with E-state index in [4.69, 9.17) is 16.3 Å². The lowest BCUT2D eigenvalue weighted by molar-refractivity contribution is -0.129. The zero-order chi connectivity index (χ0) is 27.1. The Hall–Kier alpha value is -3.69. The van der Waals surface area contributed by atoms with Gasteiger partial charge in [-0.15, -0.1) is 0 Å². The number of nitrogens with one attached hydrogen (secondary N) is 1. The first-order chi connectivity index (χ1) is 18.3. The smallest absolute Gasteiger partial charge is 0.338 e. The molecule has 1 heterocycles. The van der Waals surface area contributed by atoms with Crippen molar-refractivity contribution in [2.24, 2.45) is 4.99 Å².